The molecule has 1 aliphatic carbocycles. The maximum Gasteiger partial charge on any atom is 0.219 e. The Labute approximate surface area is 246 Å². The normalized spacial score (nSPS) is 30.8. The van der Waals surface area contributed by atoms with Crippen LogP contribution in [0.4, 0.5) is 10.8 Å². The maximum absolute atomic E-state index is 9.92. The van der Waals surface area contributed by atoms with Crippen LogP contribution < -0.4 is 20.7 Å². The second-order valence-electron chi connectivity index (χ2n) is 12.6. The average molecular weight is 579 g/mol. The van der Waals surface area contributed by atoms with E-state index in [2.05, 4.69) is 61.1 Å². The molecule has 0 spiro atoms. The Hall–Kier alpha value is -2.94. The molecule has 6 atom stereocenters. The van der Waals surface area contributed by atoms with Gasteiger partial charge in [-0.25, -0.2) is 4.98 Å². The standard InChI is InChI=1S/C30H42N8O2S/c1-17-15-38(16-18(2)33-17)25-13-26(39-19(3)22-8-7-11-37(22)5)35-29(34-25)21-12-24(40-36-21)30(4)10-6-9-23-27(30)20(14-31)28(32)41-23/h13,17-19,22,24,33H,6-12,15-16,32H2,1-5H3/t17-,18-,19-,22-,24?,30+/m0/s1. The number of likely N-dealkylation sites (N-methyl/N-ethyl adjacent to an activating group) is 1. The van der Waals surface area contributed by atoms with E-state index in [1.54, 1.807) is 11.3 Å². The minimum absolute atomic E-state index is 0.00140. The maximum atomic E-state index is 9.92. The van der Waals surface area contributed by atoms with E-state index in [9.17, 15) is 5.26 Å². The predicted octanol–water partition coefficient (Wildman–Crippen LogP) is 3.83. The van der Waals surface area contributed by atoms with E-state index in [0.717, 1.165) is 62.4 Å². The zero-order valence-electron chi connectivity index (χ0n) is 24.8. The number of rotatable bonds is 6. The average Bonchev–Trinajstić information content (AvgIpc) is 3.67. The molecule has 2 saturated heterocycles. The number of oxime groups is 1. The monoisotopic (exact) mass is 578 g/mol. The quantitative estimate of drug-likeness (QED) is 0.526. The van der Waals surface area contributed by atoms with Crippen LogP contribution in [-0.4, -0.2) is 77.6 Å². The van der Waals surface area contributed by atoms with Crippen molar-refractivity contribution in [2.24, 2.45) is 5.16 Å². The lowest BCUT2D eigenvalue weighted by atomic mass is 9.68. The number of nitrogens with two attached hydrogens (primary N) is 1. The number of hydrogen-bond acceptors (Lipinski definition) is 11. The first kappa shape index (κ1) is 28.2. The highest BCUT2D eigenvalue weighted by atomic mass is 32.1. The van der Waals surface area contributed by atoms with Crippen LogP contribution in [0.25, 0.3) is 0 Å². The molecule has 2 aromatic rings. The van der Waals surface area contributed by atoms with Crippen LogP contribution in [0, 0.1) is 11.3 Å². The Bertz CT molecular complexity index is 1360. The zero-order chi connectivity index (χ0) is 28.9. The molecule has 10 nitrogen and oxygen atoms in total. The lowest BCUT2D eigenvalue weighted by molar-refractivity contribution is 0.0211. The zero-order valence-corrected chi connectivity index (χ0v) is 25.6. The van der Waals surface area contributed by atoms with Gasteiger partial charge in [0.25, 0.3) is 0 Å². The molecule has 220 valence electrons. The number of hydrogen-bond donors (Lipinski definition) is 2. The topological polar surface area (TPSA) is 125 Å². The van der Waals surface area contributed by atoms with Crippen LogP contribution in [0.1, 0.15) is 81.6 Å². The second-order valence-corrected chi connectivity index (χ2v) is 13.8. The molecule has 2 aromatic heterocycles. The van der Waals surface area contributed by atoms with E-state index < -0.39 is 0 Å². The minimum atomic E-state index is -0.361. The van der Waals surface area contributed by atoms with Gasteiger partial charge in [0.2, 0.25) is 5.88 Å². The summed E-state index contributed by atoms with van der Waals surface area (Å²) in [5.41, 5.74) is 8.28. The molecular formula is C30H42N8O2S. The summed E-state index contributed by atoms with van der Waals surface area (Å²) in [6, 6.07) is 5.40. The number of likely N-dealkylation sites (tertiary alicyclic amines) is 1. The van der Waals surface area contributed by atoms with Gasteiger partial charge >= 0.3 is 0 Å². The van der Waals surface area contributed by atoms with Crippen LogP contribution in [0.2, 0.25) is 0 Å². The number of nitrogen functional groups attached to an aromatic ring is 1. The van der Waals surface area contributed by atoms with Gasteiger partial charge in [0.1, 0.15) is 34.8 Å². The van der Waals surface area contributed by atoms with E-state index in [0.29, 0.717) is 46.8 Å². The molecule has 11 heteroatoms. The second kappa shape index (κ2) is 11.0. The number of thiophene rings is 1. The third-order valence-electron chi connectivity index (χ3n) is 9.42. The van der Waals surface area contributed by atoms with E-state index >= 15 is 0 Å². The van der Waals surface area contributed by atoms with Gasteiger partial charge in [-0.3, -0.25) is 4.90 Å². The van der Waals surface area contributed by atoms with Gasteiger partial charge in [-0.1, -0.05) is 12.1 Å². The van der Waals surface area contributed by atoms with Gasteiger partial charge in [0, 0.05) is 54.0 Å². The molecule has 6 rings (SSSR count). The molecule has 1 unspecified atom stereocenters. The van der Waals surface area contributed by atoms with Crippen molar-refractivity contribution in [3.8, 4) is 11.9 Å². The summed E-state index contributed by atoms with van der Waals surface area (Å²) in [5, 5.41) is 18.7. The molecule has 41 heavy (non-hydrogen) atoms. The molecule has 2 fully saturated rings. The van der Waals surface area contributed by atoms with Gasteiger partial charge in [0.15, 0.2) is 5.82 Å². The van der Waals surface area contributed by atoms with Crippen LogP contribution in [-0.2, 0) is 16.7 Å². The molecular weight excluding hydrogens is 536 g/mol. The number of piperazine rings is 1. The van der Waals surface area contributed by atoms with Crippen molar-refractivity contribution < 1.29 is 9.57 Å². The van der Waals surface area contributed by atoms with Crippen molar-refractivity contribution in [2.45, 2.75) is 102 Å². The molecule has 0 aromatic carbocycles. The first-order chi connectivity index (χ1) is 19.7. The van der Waals surface area contributed by atoms with Gasteiger partial charge in [-0.2, -0.15) is 10.2 Å². The van der Waals surface area contributed by atoms with E-state index in [-0.39, 0.29) is 17.6 Å². The highest BCUT2D eigenvalue weighted by Crippen LogP contribution is 2.49. The van der Waals surface area contributed by atoms with Crippen molar-refractivity contribution in [3.63, 3.8) is 0 Å². The van der Waals surface area contributed by atoms with Gasteiger partial charge in [-0.05, 0) is 72.0 Å². The highest BCUT2D eigenvalue weighted by molar-refractivity contribution is 7.16. The van der Waals surface area contributed by atoms with Gasteiger partial charge < -0.3 is 25.5 Å². The Morgan fingerprint density at radius 2 is 2.05 bits per heavy atom. The fourth-order valence-electron chi connectivity index (χ4n) is 7.38. The summed E-state index contributed by atoms with van der Waals surface area (Å²) in [6.07, 6.45) is 5.54. The van der Waals surface area contributed by atoms with Crippen LogP contribution >= 0.6 is 11.3 Å². The van der Waals surface area contributed by atoms with Crippen LogP contribution in [0.5, 0.6) is 5.88 Å². The summed E-state index contributed by atoms with van der Waals surface area (Å²) in [4.78, 5) is 22.0. The SMILES string of the molecule is C[C@H](Oc1cc(N2C[C@H](C)N[C@@H](C)C2)nc(C2=NOC([C@@]3(C)CCCc4sc(N)c(C#N)c43)C2)n1)[C@@H]1CCCN1C. The summed E-state index contributed by atoms with van der Waals surface area (Å²) in [6.45, 7) is 11.5. The lowest BCUT2D eigenvalue weighted by Gasteiger charge is -2.37. The number of nitrogens with zero attached hydrogens (tertiary/aromatic N) is 6. The molecule has 3 N–H and O–H groups in total. The molecule has 4 aliphatic rings. The molecule has 0 bridgehead atoms. The Morgan fingerprint density at radius 1 is 1.27 bits per heavy atom. The Morgan fingerprint density at radius 3 is 2.76 bits per heavy atom. The van der Waals surface area contributed by atoms with Crippen LogP contribution in [0.15, 0.2) is 11.2 Å². The van der Waals surface area contributed by atoms with E-state index in [1.807, 2.05) is 6.07 Å². The fraction of sp³-hybridized carbons (Fsp3) is 0.667. The van der Waals surface area contributed by atoms with Crippen molar-refractivity contribution in [1.82, 2.24) is 20.2 Å². The third kappa shape index (κ3) is 5.26. The van der Waals surface area contributed by atoms with E-state index in [4.69, 9.17) is 25.3 Å². The smallest absolute Gasteiger partial charge is 0.219 e. The number of aromatic nitrogens is 2. The lowest BCUT2D eigenvalue weighted by Crippen LogP contribution is -2.54. The fourth-order valence-corrected chi connectivity index (χ4v) is 8.58. The minimum Gasteiger partial charge on any atom is -0.473 e. The summed E-state index contributed by atoms with van der Waals surface area (Å²) in [5.74, 6) is 1.98. The molecule has 0 radical (unpaired) electrons. The highest BCUT2D eigenvalue weighted by Gasteiger charge is 2.47. The summed E-state index contributed by atoms with van der Waals surface area (Å²) < 4.78 is 6.52. The number of anilines is 2. The predicted molar refractivity (Wildman–Crippen MR) is 162 cm³/mol. The van der Waals surface area contributed by atoms with Crippen molar-refractivity contribution >= 4 is 27.9 Å². The molecule has 3 aliphatic heterocycles. The number of ether oxygens (including phenoxy) is 1. The Kier molecular flexibility index (Phi) is 7.59. The number of fused-ring (bicyclic) bond motifs is 1. The van der Waals surface area contributed by atoms with Crippen molar-refractivity contribution in [1.29, 1.82) is 5.26 Å². The van der Waals surface area contributed by atoms with Crippen LogP contribution in [0.3, 0.4) is 0 Å². The van der Waals surface area contributed by atoms with E-state index in [1.165, 1.54) is 11.3 Å². The first-order valence-electron chi connectivity index (χ1n) is 15.0. The molecule has 0 amide bonds. The number of aryl methyl sites for hydroxylation is 1. The summed E-state index contributed by atoms with van der Waals surface area (Å²) in [7, 11) is 2.17. The van der Waals surface area contributed by atoms with Gasteiger partial charge in [0.05, 0.1) is 5.56 Å². The number of nitrogens with one attached hydrogen (secondary N) is 1. The van der Waals surface area contributed by atoms with Gasteiger partial charge in [-0.15, -0.1) is 11.3 Å². The number of nitriles is 1. The van der Waals surface area contributed by atoms with Crippen molar-refractivity contribution in [3.05, 3.63) is 27.9 Å². The first-order valence-corrected chi connectivity index (χ1v) is 15.8. The molecule has 0 saturated carbocycles. The third-order valence-corrected chi connectivity index (χ3v) is 10.5. The summed E-state index contributed by atoms with van der Waals surface area (Å²) >= 11 is 1.54. The Balaban J connectivity index is 1.30. The molecule has 5 heterocycles. The largest absolute Gasteiger partial charge is 0.473 e. The van der Waals surface area contributed by atoms with Crippen molar-refractivity contribution in [2.75, 3.05) is 37.3 Å².